The van der Waals surface area contributed by atoms with Gasteiger partial charge in [-0.15, -0.1) is 0 Å². The molecule has 3 aromatic carbocycles. The first kappa shape index (κ1) is 23.8. The highest BCUT2D eigenvalue weighted by atomic mass is 19.1. The maximum Gasteiger partial charge on any atom is 0.258 e. The van der Waals surface area contributed by atoms with Crippen molar-refractivity contribution in [3.8, 4) is 22.5 Å². The van der Waals surface area contributed by atoms with Gasteiger partial charge in [0, 0.05) is 40.9 Å². The highest BCUT2D eigenvalue weighted by Crippen LogP contribution is 2.33. The van der Waals surface area contributed by atoms with E-state index in [1.807, 2.05) is 43.3 Å². The molecule has 0 aliphatic carbocycles. The van der Waals surface area contributed by atoms with Gasteiger partial charge in [0.05, 0.1) is 11.3 Å². The monoisotopic (exact) mass is 493 g/mol. The lowest BCUT2D eigenvalue weighted by molar-refractivity contribution is 0.102. The molecule has 37 heavy (non-hydrogen) atoms. The first-order chi connectivity index (χ1) is 18.0. The minimum Gasteiger partial charge on any atom is -0.326 e. The van der Waals surface area contributed by atoms with Crippen LogP contribution in [-0.2, 0) is 6.54 Å². The predicted molar refractivity (Wildman–Crippen MR) is 142 cm³/mol. The summed E-state index contributed by atoms with van der Waals surface area (Å²) in [6.45, 7) is 2.35. The van der Waals surface area contributed by atoms with Gasteiger partial charge in [-0.25, -0.2) is 14.4 Å². The predicted octanol–water partition coefficient (Wildman–Crippen LogP) is 5.44. The van der Waals surface area contributed by atoms with Crippen molar-refractivity contribution < 1.29 is 9.18 Å². The van der Waals surface area contributed by atoms with Gasteiger partial charge in [0.1, 0.15) is 11.5 Å². The molecule has 0 saturated carbocycles. The van der Waals surface area contributed by atoms with Gasteiger partial charge in [-0.2, -0.15) is 5.10 Å². The number of H-pyrrole nitrogens is 1. The SMILES string of the molecule is Cc1[nH]nc(-c2cccc(NC(=O)c3ccccc3F)c2)c1-c1ccnc(Nc2cccc(CN)c2)n1. The lowest BCUT2D eigenvalue weighted by Crippen LogP contribution is -2.13. The third-order valence-corrected chi connectivity index (χ3v) is 5.79. The molecule has 5 rings (SSSR count). The van der Waals surface area contributed by atoms with Crippen molar-refractivity contribution in [2.75, 3.05) is 10.6 Å². The van der Waals surface area contributed by atoms with Crippen LogP contribution in [0.1, 0.15) is 21.6 Å². The molecule has 0 radical (unpaired) electrons. The van der Waals surface area contributed by atoms with E-state index in [0.717, 1.165) is 28.1 Å². The third kappa shape index (κ3) is 5.21. The normalized spacial score (nSPS) is 10.8. The number of carbonyl (C=O) groups excluding carboxylic acids is 1. The minimum absolute atomic E-state index is 0.0257. The number of hydrogen-bond acceptors (Lipinski definition) is 6. The molecule has 0 spiro atoms. The Morgan fingerprint density at radius 3 is 2.65 bits per heavy atom. The van der Waals surface area contributed by atoms with E-state index >= 15 is 0 Å². The second-order valence-electron chi connectivity index (χ2n) is 8.38. The Hall–Kier alpha value is -4.89. The number of aryl methyl sites for hydroxylation is 1. The molecule has 9 heteroatoms. The Bertz CT molecular complexity index is 1580. The zero-order chi connectivity index (χ0) is 25.8. The quantitative estimate of drug-likeness (QED) is 0.240. The topological polar surface area (TPSA) is 122 Å². The molecule has 184 valence electrons. The Morgan fingerprint density at radius 2 is 1.81 bits per heavy atom. The van der Waals surface area contributed by atoms with E-state index in [0.29, 0.717) is 29.6 Å². The summed E-state index contributed by atoms with van der Waals surface area (Å²) in [5, 5.41) is 13.5. The molecule has 5 N–H and O–H groups in total. The molecule has 8 nitrogen and oxygen atoms in total. The van der Waals surface area contributed by atoms with Gasteiger partial charge in [0.25, 0.3) is 5.91 Å². The molecule has 0 unspecified atom stereocenters. The van der Waals surface area contributed by atoms with Crippen molar-refractivity contribution in [3.63, 3.8) is 0 Å². The van der Waals surface area contributed by atoms with E-state index in [-0.39, 0.29) is 5.56 Å². The number of nitrogens with two attached hydrogens (primary N) is 1. The summed E-state index contributed by atoms with van der Waals surface area (Å²) in [5.41, 5.74) is 11.8. The molecule has 0 fully saturated rings. The number of aromatic amines is 1. The fourth-order valence-corrected chi connectivity index (χ4v) is 4.00. The van der Waals surface area contributed by atoms with Crippen LogP contribution in [0.2, 0.25) is 0 Å². The van der Waals surface area contributed by atoms with Crippen LogP contribution in [-0.4, -0.2) is 26.1 Å². The summed E-state index contributed by atoms with van der Waals surface area (Å²) in [6.07, 6.45) is 1.68. The van der Waals surface area contributed by atoms with Gasteiger partial charge in [0.15, 0.2) is 0 Å². The summed E-state index contributed by atoms with van der Waals surface area (Å²) in [7, 11) is 0. The smallest absolute Gasteiger partial charge is 0.258 e. The minimum atomic E-state index is -0.579. The van der Waals surface area contributed by atoms with Gasteiger partial charge in [-0.3, -0.25) is 9.89 Å². The summed E-state index contributed by atoms with van der Waals surface area (Å²) >= 11 is 0. The summed E-state index contributed by atoms with van der Waals surface area (Å²) < 4.78 is 14.0. The highest BCUT2D eigenvalue weighted by Gasteiger charge is 2.18. The number of hydrogen-bond donors (Lipinski definition) is 4. The second-order valence-corrected chi connectivity index (χ2v) is 8.38. The maximum absolute atomic E-state index is 14.0. The van der Waals surface area contributed by atoms with Crippen LogP contribution < -0.4 is 16.4 Å². The van der Waals surface area contributed by atoms with Crippen molar-refractivity contribution in [2.24, 2.45) is 5.73 Å². The van der Waals surface area contributed by atoms with Crippen LogP contribution in [0.15, 0.2) is 85.1 Å². The zero-order valence-corrected chi connectivity index (χ0v) is 20.0. The van der Waals surface area contributed by atoms with Gasteiger partial charge in [-0.05, 0) is 55.0 Å². The van der Waals surface area contributed by atoms with Gasteiger partial charge < -0.3 is 16.4 Å². The lowest BCUT2D eigenvalue weighted by Gasteiger charge is -2.10. The van der Waals surface area contributed by atoms with Crippen molar-refractivity contribution in [2.45, 2.75) is 13.5 Å². The van der Waals surface area contributed by atoms with Crippen LogP contribution in [0.4, 0.5) is 21.7 Å². The fraction of sp³-hybridized carbons (Fsp3) is 0.0714. The van der Waals surface area contributed by atoms with Gasteiger partial charge in [0.2, 0.25) is 5.95 Å². The number of halogens is 1. The largest absolute Gasteiger partial charge is 0.326 e. The second kappa shape index (κ2) is 10.4. The summed E-state index contributed by atoms with van der Waals surface area (Å²) in [5.74, 6) is -0.674. The molecule has 2 heterocycles. The van der Waals surface area contributed by atoms with Crippen LogP contribution in [0.25, 0.3) is 22.5 Å². The Morgan fingerprint density at radius 1 is 1.00 bits per heavy atom. The number of carbonyl (C=O) groups is 1. The lowest BCUT2D eigenvalue weighted by atomic mass is 10.0. The van der Waals surface area contributed by atoms with E-state index < -0.39 is 11.7 Å². The van der Waals surface area contributed by atoms with Crippen molar-refractivity contribution in [1.29, 1.82) is 0 Å². The van der Waals surface area contributed by atoms with Gasteiger partial charge >= 0.3 is 0 Å². The molecule has 2 aromatic heterocycles. The summed E-state index contributed by atoms with van der Waals surface area (Å²) in [6, 6.07) is 22.6. The Labute approximate surface area is 212 Å². The van der Waals surface area contributed by atoms with E-state index in [1.165, 1.54) is 12.1 Å². The number of nitrogens with one attached hydrogen (secondary N) is 3. The van der Waals surface area contributed by atoms with Crippen LogP contribution in [0, 0.1) is 12.7 Å². The van der Waals surface area contributed by atoms with Crippen LogP contribution in [0.5, 0.6) is 0 Å². The molecule has 0 aliphatic heterocycles. The number of anilines is 3. The number of nitrogens with zero attached hydrogens (tertiary/aromatic N) is 3. The van der Waals surface area contributed by atoms with Crippen molar-refractivity contribution in [1.82, 2.24) is 20.2 Å². The van der Waals surface area contributed by atoms with E-state index in [2.05, 4.69) is 25.8 Å². The first-order valence-electron chi connectivity index (χ1n) is 11.6. The number of amides is 1. The molecular weight excluding hydrogens is 469 g/mol. The van der Waals surface area contributed by atoms with E-state index in [1.54, 1.807) is 36.5 Å². The molecule has 0 bridgehead atoms. The first-order valence-corrected chi connectivity index (χ1v) is 11.6. The number of benzene rings is 3. The van der Waals surface area contributed by atoms with Crippen molar-refractivity contribution in [3.05, 3.63) is 108 Å². The van der Waals surface area contributed by atoms with Crippen molar-refractivity contribution >= 4 is 23.2 Å². The fourth-order valence-electron chi connectivity index (χ4n) is 4.00. The summed E-state index contributed by atoms with van der Waals surface area (Å²) in [4.78, 5) is 21.7. The third-order valence-electron chi connectivity index (χ3n) is 5.79. The van der Waals surface area contributed by atoms with E-state index in [9.17, 15) is 9.18 Å². The molecular formula is C28H24FN7O. The molecule has 5 aromatic rings. The molecule has 0 atom stereocenters. The highest BCUT2D eigenvalue weighted by molar-refractivity contribution is 6.04. The standard InChI is InChI=1S/C28H24FN7O/c1-17-25(24-12-13-31-28(34-24)33-20-8-4-6-18(14-20)16-30)26(36-35-17)19-7-5-9-21(15-19)32-27(37)22-10-2-3-11-23(22)29/h2-15H,16,30H2,1H3,(H,32,37)(H,35,36)(H,31,33,34). The zero-order valence-electron chi connectivity index (χ0n) is 20.0. The molecule has 0 saturated heterocycles. The number of aromatic nitrogens is 4. The Kier molecular flexibility index (Phi) is 6.69. The van der Waals surface area contributed by atoms with Gasteiger partial charge in [-0.1, -0.05) is 36.4 Å². The maximum atomic E-state index is 14.0. The molecule has 0 aliphatic rings. The average Bonchev–Trinajstić information content (AvgIpc) is 3.30. The van der Waals surface area contributed by atoms with Crippen LogP contribution >= 0.6 is 0 Å². The Balaban J connectivity index is 1.44. The number of rotatable bonds is 7. The average molecular weight is 494 g/mol. The van der Waals surface area contributed by atoms with E-state index in [4.69, 9.17) is 10.7 Å². The molecule has 1 amide bonds. The van der Waals surface area contributed by atoms with Crippen LogP contribution in [0.3, 0.4) is 0 Å².